The molecule has 0 aliphatic heterocycles. The van der Waals surface area contributed by atoms with E-state index >= 15 is 0 Å². The molecule has 8 heteroatoms. The van der Waals surface area contributed by atoms with E-state index in [1.54, 1.807) is 13.0 Å². The van der Waals surface area contributed by atoms with Crippen molar-refractivity contribution in [2.75, 3.05) is 4.72 Å². The van der Waals surface area contributed by atoms with Gasteiger partial charge >= 0.3 is 0 Å². The molecule has 0 saturated heterocycles. The summed E-state index contributed by atoms with van der Waals surface area (Å²) in [5.74, 6) is 0. The minimum Gasteiger partial charge on any atom is -0.286 e. The summed E-state index contributed by atoms with van der Waals surface area (Å²) >= 11 is 0. The molecule has 0 aromatic heterocycles. The lowest BCUT2D eigenvalue weighted by atomic mass is 10.2. The van der Waals surface area contributed by atoms with E-state index in [1.807, 2.05) is 4.72 Å². The lowest BCUT2D eigenvalue weighted by Crippen LogP contribution is -2.03. The number of rotatable bonds is 4. The Morgan fingerprint density at radius 3 is 2.47 bits per heavy atom. The normalized spacial score (nSPS) is 12.2. The van der Waals surface area contributed by atoms with Gasteiger partial charge in [-0.05, 0) is 24.6 Å². The molecular formula is C9H11NO5S2. The number of allylic oxidation sites excluding steroid dienone is 1. The maximum Gasteiger partial charge on any atom is 0.295 e. The molecule has 2 N–H and O–H groups in total. The van der Waals surface area contributed by atoms with Gasteiger partial charge in [0.15, 0.2) is 0 Å². The molecular weight excluding hydrogens is 266 g/mol. The second-order valence-electron chi connectivity index (χ2n) is 3.10. The molecule has 0 aliphatic rings. The van der Waals surface area contributed by atoms with Crippen LogP contribution >= 0.6 is 0 Å². The molecule has 17 heavy (non-hydrogen) atoms. The third kappa shape index (κ3) is 3.84. The van der Waals surface area contributed by atoms with Crippen LogP contribution in [-0.4, -0.2) is 21.4 Å². The van der Waals surface area contributed by atoms with Gasteiger partial charge in [-0.25, -0.2) is 8.42 Å². The molecule has 1 rings (SSSR count). The maximum absolute atomic E-state index is 11.1. The molecule has 0 atom stereocenters. The minimum atomic E-state index is -4.40. The van der Waals surface area contributed by atoms with E-state index in [1.165, 1.54) is 18.2 Å². The molecule has 0 saturated carbocycles. The number of benzene rings is 1. The van der Waals surface area contributed by atoms with Crippen molar-refractivity contribution in [1.29, 1.82) is 0 Å². The zero-order valence-electron chi connectivity index (χ0n) is 8.82. The van der Waals surface area contributed by atoms with Gasteiger partial charge in [0.05, 0.1) is 0 Å². The molecule has 0 aliphatic carbocycles. The average molecular weight is 277 g/mol. The first kappa shape index (κ1) is 13.7. The van der Waals surface area contributed by atoms with E-state index in [4.69, 9.17) is 4.55 Å². The number of anilines is 1. The van der Waals surface area contributed by atoms with Crippen molar-refractivity contribution < 1.29 is 21.4 Å². The zero-order chi connectivity index (χ0) is 13.1. The highest BCUT2D eigenvalue weighted by Crippen LogP contribution is 2.21. The summed E-state index contributed by atoms with van der Waals surface area (Å²) in [6, 6.07) is 3.84. The van der Waals surface area contributed by atoms with E-state index < -0.39 is 21.0 Å². The molecule has 0 unspecified atom stereocenters. The van der Waals surface area contributed by atoms with Crippen LogP contribution in [0.1, 0.15) is 12.5 Å². The van der Waals surface area contributed by atoms with Gasteiger partial charge < -0.3 is 0 Å². The highest BCUT2D eigenvalue weighted by atomic mass is 32.2. The van der Waals surface area contributed by atoms with E-state index in [0.717, 1.165) is 6.07 Å². The minimum absolute atomic E-state index is 0.0713. The molecule has 0 radical (unpaired) electrons. The summed E-state index contributed by atoms with van der Waals surface area (Å²) in [6.07, 6.45) is 3.09. The maximum atomic E-state index is 11.1. The molecule has 0 bridgehead atoms. The fraction of sp³-hybridized carbons (Fsp3) is 0.111. The van der Waals surface area contributed by atoms with Crippen LogP contribution in [0.5, 0.6) is 0 Å². The Morgan fingerprint density at radius 2 is 2.00 bits per heavy atom. The first-order valence-electron chi connectivity index (χ1n) is 4.50. The fourth-order valence-electron chi connectivity index (χ4n) is 1.25. The zero-order valence-corrected chi connectivity index (χ0v) is 10.5. The van der Waals surface area contributed by atoms with Gasteiger partial charge in [0.1, 0.15) is 4.90 Å². The molecule has 0 amide bonds. The molecule has 94 valence electrons. The van der Waals surface area contributed by atoms with Gasteiger partial charge in [0, 0.05) is 5.69 Å². The first-order chi connectivity index (χ1) is 7.84. The van der Waals surface area contributed by atoms with Crippen molar-refractivity contribution in [3.8, 4) is 0 Å². The van der Waals surface area contributed by atoms with E-state index in [0.29, 0.717) is 0 Å². The lowest BCUT2D eigenvalue weighted by Gasteiger charge is -2.05. The van der Waals surface area contributed by atoms with Crippen LogP contribution < -0.4 is 4.72 Å². The number of thiol groups is 1. The van der Waals surface area contributed by atoms with Crippen LogP contribution in [0.4, 0.5) is 5.69 Å². The van der Waals surface area contributed by atoms with Gasteiger partial charge in [0.25, 0.3) is 10.1 Å². The predicted molar refractivity (Wildman–Crippen MR) is 64.9 cm³/mol. The van der Waals surface area contributed by atoms with Crippen molar-refractivity contribution in [3.05, 3.63) is 29.8 Å². The topological polar surface area (TPSA) is 101 Å². The lowest BCUT2D eigenvalue weighted by molar-refractivity contribution is 0.483. The van der Waals surface area contributed by atoms with Crippen molar-refractivity contribution in [3.63, 3.8) is 0 Å². The van der Waals surface area contributed by atoms with Gasteiger partial charge in [0.2, 0.25) is 10.9 Å². The summed E-state index contributed by atoms with van der Waals surface area (Å²) in [6.45, 7) is 1.69. The Hall–Kier alpha value is -1.38. The highest BCUT2D eigenvalue weighted by Gasteiger charge is 2.14. The van der Waals surface area contributed by atoms with Crippen molar-refractivity contribution in [1.82, 2.24) is 0 Å². The van der Waals surface area contributed by atoms with Crippen LogP contribution in [0.15, 0.2) is 29.2 Å². The Kier molecular flexibility index (Phi) is 4.27. The quantitative estimate of drug-likeness (QED) is 0.561. The highest BCUT2D eigenvalue weighted by molar-refractivity contribution is 7.86. The largest absolute Gasteiger partial charge is 0.295 e. The standard InChI is InChI=1S/C9H11NO5S2/c1-2-3-7-4-5-8(10-16(11)12)6-9(7)17(13,14)15/h2-6,16H,1H3,(H,10,11,12)(H,13,14,15). The van der Waals surface area contributed by atoms with E-state index in [9.17, 15) is 16.8 Å². The summed E-state index contributed by atoms with van der Waals surface area (Å²) in [4.78, 5) is -0.350. The van der Waals surface area contributed by atoms with Crippen LogP contribution in [0.3, 0.4) is 0 Å². The Bertz CT molecular complexity index is 608. The second kappa shape index (κ2) is 5.30. The summed E-state index contributed by atoms with van der Waals surface area (Å²) in [5.41, 5.74) is 0.351. The van der Waals surface area contributed by atoms with Crippen molar-refractivity contribution in [2.24, 2.45) is 0 Å². The Labute approximate surface area is 101 Å². The van der Waals surface area contributed by atoms with E-state index in [-0.39, 0.29) is 16.1 Å². The van der Waals surface area contributed by atoms with Crippen LogP contribution in [0.2, 0.25) is 0 Å². The second-order valence-corrected chi connectivity index (χ2v) is 5.22. The van der Waals surface area contributed by atoms with Crippen LogP contribution in [0.25, 0.3) is 6.08 Å². The molecule has 1 aromatic carbocycles. The van der Waals surface area contributed by atoms with Crippen molar-refractivity contribution in [2.45, 2.75) is 11.8 Å². The summed E-state index contributed by atoms with van der Waals surface area (Å²) < 4.78 is 54.2. The van der Waals surface area contributed by atoms with Crippen LogP contribution in [0, 0.1) is 0 Å². The van der Waals surface area contributed by atoms with Gasteiger partial charge in [-0.15, -0.1) is 0 Å². The van der Waals surface area contributed by atoms with E-state index in [2.05, 4.69) is 0 Å². The molecule has 0 fully saturated rings. The predicted octanol–water partition coefficient (Wildman–Crippen LogP) is 0.905. The fourth-order valence-corrected chi connectivity index (χ4v) is 2.31. The Morgan fingerprint density at radius 1 is 1.35 bits per heavy atom. The third-order valence-electron chi connectivity index (χ3n) is 1.86. The van der Waals surface area contributed by atoms with Crippen LogP contribution in [-0.2, 0) is 21.0 Å². The average Bonchev–Trinajstić information content (AvgIpc) is 2.18. The SMILES string of the molecule is CC=Cc1ccc(N[SH](=O)=O)cc1S(=O)(=O)O. The third-order valence-corrected chi connectivity index (χ3v) is 3.21. The van der Waals surface area contributed by atoms with Gasteiger partial charge in [-0.1, -0.05) is 18.2 Å². The molecule has 1 aromatic rings. The molecule has 6 nitrogen and oxygen atoms in total. The number of nitrogens with one attached hydrogen (secondary N) is 1. The number of hydrogen-bond acceptors (Lipinski definition) is 4. The first-order valence-corrected chi connectivity index (χ1v) is 7.11. The smallest absolute Gasteiger partial charge is 0.286 e. The van der Waals surface area contributed by atoms with Gasteiger partial charge in [-0.3, -0.25) is 9.27 Å². The summed E-state index contributed by atoms with van der Waals surface area (Å²) in [7, 11) is -7.29. The Balaban J connectivity index is 3.39. The summed E-state index contributed by atoms with van der Waals surface area (Å²) in [5, 5.41) is 0. The monoisotopic (exact) mass is 277 g/mol. The molecule has 0 spiro atoms. The molecule has 0 heterocycles. The van der Waals surface area contributed by atoms with Gasteiger partial charge in [-0.2, -0.15) is 8.42 Å². The van der Waals surface area contributed by atoms with Crippen molar-refractivity contribution >= 4 is 32.8 Å². The number of hydrogen-bond donors (Lipinski definition) is 3.